The Morgan fingerprint density at radius 1 is 1.31 bits per heavy atom. The molecule has 0 N–H and O–H groups in total. The summed E-state index contributed by atoms with van der Waals surface area (Å²) < 4.78 is 0. The first-order valence-corrected chi connectivity index (χ1v) is 4.94. The van der Waals surface area contributed by atoms with Crippen molar-refractivity contribution in [1.29, 1.82) is 0 Å². The van der Waals surface area contributed by atoms with Gasteiger partial charge in [-0.2, -0.15) is 10.1 Å². The molecule has 1 aromatic rings. The SMILES string of the molecule is C=NN(c1ccc(C)cc1)C(C)(C)N=C=O. The van der Waals surface area contributed by atoms with Gasteiger partial charge in [0.2, 0.25) is 6.08 Å². The molecule has 0 aromatic heterocycles. The molecule has 0 unspecified atom stereocenters. The van der Waals surface area contributed by atoms with Gasteiger partial charge in [-0.25, -0.2) is 9.80 Å². The number of hydrogen-bond acceptors (Lipinski definition) is 4. The minimum Gasteiger partial charge on any atom is -0.238 e. The lowest BCUT2D eigenvalue weighted by molar-refractivity contribution is 0.481. The highest BCUT2D eigenvalue weighted by Crippen LogP contribution is 2.25. The first kappa shape index (κ1) is 12.1. The summed E-state index contributed by atoms with van der Waals surface area (Å²) in [4.78, 5) is 14.1. The standard InChI is InChI=1S/C12H15N3O/c1-10-5-7-11(8-6-10)15(13-4)12(2,3)14-9-16/h5-8H,4H2,1-3H3. The zero-order valence-electron chi connectivity index (χ0n) is 9.77. The Balaban J connectivity index is 3.12. The number of aliphatic imine (C=N–C) groups is 1. The molecule has 84 valence electrons. The average molecular weight is 217 g/mol. The third-order valence-corrected chi connectivity index (χ3v) is 2.26. The van der Waals surface area contributed by atoms with Gasteiger partial charge in [-0.15, -0.1) is 0 Å². The number of hydrogen-bond donors (Lipinski definition) is 0. The van der Waals surface area contributed by atoms with Gasteiger partial charge in [0.1, 0.15) is 0 Å². The fourth-order valence-corrected chi connectivity index (χ4v) is 1.42. The van der Waals surface area contributed by atoms with Gasteiger partial charge in [0.15, 0.2) is 5.66 Å². The van der Waals surface area contributed by atoms with Crippen molar-refractivity contribution < 1.29 is 4.79 Å². The van der Waals surface area contributed by atoms with Gasteiger partial charge < -0.3 is 0 Å². The monoisotopic (exact) mass is 217 g/mol. The van der Waals surface area contributed by atoms with Crippen molar-refractivity contribution >= 4 is 18.5 Å². The van der Waals surface area contributed by atoms with E-state index in [2.05, 4.69) is 16.8 Å². The summed E-state index contributed by atoms with van der Waals surface area (Å²) in [6.45, 7) is 9.04. The van der Waals surface area contributed by atoms with Crippen LogP contribution in [-0.2, 0) is 4.79 Å². The molecule has 1 aromatic carbocycles. The maximum Gasteiger partial charge on any atom is 0.237 e. The molecule has 1 rings (SSSR count). The van der Waals surface area contributed by atoms with Crippen LogP contribution in [0.4, 0.5) is 5.69 Å². The Labute approximate surface area is 95.3 Å². The predicted molar refractivity (Wildman–Crippen MR) is 65.4 cm³/mol. The summed E-state index contributed by atoms with van der Waals surface area (Å²) >= 11 is 0. The topological polar surface area (TPSA) is 45.0 Å². The van der Waals surface area contributed by atoms with E-state index in [4.69, 9.17) is 0 Å². The Morgan fingerprint density at radius 3 is 2.31 bits per heavy atom. The Bertz CT molecular complexity index is 416. The molecule has 0 radical (unpaired) electrons. The van der Waals surface area contributed by atoms with Crippen LogP contribution in [0, 0.1) is 6.92 Å². The normalized spacial score (nSPS) is 10.4. The fourth-order valence-electron chi connectivity index (χ4n) is 1.42. The first-order valence-electron chi connectivity index (χ1n) is 4.94. The zero-order chi connectivity index (χ0) is 12.2. The number of carbonyl (C=O) groups excluding carboxylic acids is 1. The van der Waals surface area contributed by atoms with Gasteiger partial charge in [-0.3, -0.25) is 0 Å². The highest BCUT2D eigenvalue weighted by atomic mass is 16.1. The molecule has 4 nitrogen and oxygen atoms in total. The van der Waals surface area contributed by atoms with E-state index in [0.717, 1.165) is 11.3 Å². The average Bonchev–Trinajstić information content (AvgIpc) is 2.21. The van der Waals surface area contributed by atoms with E-state index in [1.165, 1.54) is 0 Å². The molecule has 0 amide bonds. The number of rotatable bonds is 4. The van der Waals surface area contributed by atoms with Crippen molar-refractivity contribution in [3.8, 4) is 0 Å². The Morgan fingerprint density at radius 2 is 1.88 bits per heavy atom. The summed E-state index contributed by atoms with van der Waals surface area (Å²) in [6.07, 6.45) is 1.55. The van der Waals surface area contributed by atoms with E-state index < -0.39 is 5.66 Å². The van der Waals surface area contributed by atoms with E-state index in [-0.39, 0.29) is 0 Å². The number of nitrogens with zero attached hydrogens (tertiary/aromatic N) is 3. The second-order valence-electron chi connectivity index (χ2n) is 3.99. The lowest BCUT2D eigenvalue weighted by Crippen LogP contribution is -2.38. The lowest BCUT2D eigenvalue weighted by atomic mass is 10.2. The summed E-state index contributed by atoms with van der Waals surface area (Å²) in [7, 11) is 0. The molecule has 0 atom stereocenters. The predicted octanol–water partition coefficient (Wildman–Crippen LogP) is 2.49. The smallest absolute Gasteiger partial charge is 0.237 e. The Hall–Kier alpha value is -1.93. The van der Waals surface area contributed by atoms with Crippen molar-refractivity contribution in [3.63, 3.8) is 0 Å². The number of aryl methyl sites for hydroxylation is 1. The molecule has 0 spiro atoms. The Kier molecular flexibility index (Phi) is 3.59. The summed E-state index contributed by atoms with van der Waals surface area (Å²) in [5, 5.41) is 5.47. The second kappa shape index (κ2) is 4.73. The van der Waals surface area contributed by atoms with Crippen LogP contribution >= 0.6 is 0 Å². The van der Waals surface area contributed by atoms with Crippen LogP contribution in [0.15, 0.2) is 34.4 Å². The van der Waals surface area contributed by atoms with E-state index in [0.29, 0.717) is 0 Å². The van der Waals surface area contributed by atoms with Crippen LogP contribution < -0.4 is 5.01 Å². The minimum atomic E-state index is -0.779. The van der Waals surface area contributed by atoms with Crippen molar-refractivity contribution in [1.82, 2.24) is 0 Å². The van der Waals surface area contributed by atoms with Gasteiger partial charge >= 0.3 is 0 Å². The van der Waals surface area contributed by atoms with Gasteiger partial charge in [-0.1, -0.05) is 17.7 Å². The molecule has 0 aliphatic heterocycles. The van der Waals surface area contributed by atoms with Crippen LogP contribution in [0.5, 0.6) is 0 Å². The van der Waals surface area contributed by atoms with Crippen LogP contribution in [0.1, 0.15) is 19.4 Å². The van der Waals surface area contributed by atoms with Crippen molar-refractivity contribution in [2.45, 2.75) is 26.4 Å². The molecular weight excluding hydrogens is 202 g/mol. The van der Waals surface area contributed by atoms with E-state index in [9.17, 15) is 4.79 Å². The van der Waals surface area contributed by atoms with Crippen LogP contribution in [-0.4, -0.2) is 18.5 Å². The summed E-state index contributed by atoms with van der Waals surface area (Å²) in [5.74, 6) is 0. The highest BCUT2D eigenvalue weighted by molar-refractivity contribution is 5.51. The van der Waals surface area contributed by atoms with Crippen molar-refractivity contribution in [2.75, 3.05) is 5.01 Å². The number of isocyanates is 1. The molecule has 0 aliphatic rings. The molecule has 16 heavy (non-hydrogen) atoms. The van der Waals surface area contributed by atoms with Gasteiger partial charge in [-0.05, 0) is 32.9 Å². The number of benzene rings is 1. The molecular formula is C12H15N3O. The van der Waals surface area contributed by atoms with Crippen LogP contribution in [0.3, 0.4) is 0 Å². The highest BCUT2D eigenvalue weighted by Gasteiger charge is 2.25. The van der Waals surface area contributed by atoms with Crippen LogP contribution in [0.2, 0.25) is 0 Å². The minimum absolute atomic E-state index is 0.779. The number of anilines is 1. The summed E-state index contributed by atoms with van der Waals surface area (Å²) in [5.41, 5.74) is 1.22. The van der Waals surface area contributed by atoms with Gasteiger partial charge in [0.25, 0.3) is 0 Å². The number of hydrazone groups is 1. The van der Waals surface area contributed by atoms with E-state index in [1.807, 2.05) is 31.2 Å². The molecule has 0 fully saturated rings. The van der Waals surface area contributed by atoms with Gasteiger partial charge in [0, 0.05) is 6.72 Å². The third kappa shape index (κ3) is 2.55. The third-order valence-electron chi connectivity index (χ3n) is 2.26. The molecule has 0 aliphatic carbocycles. The quantitative estimate of drug-likeness (QED) is 0.442. The molecule has 0 saturated heterocycles. The van der Waals surface area contributed by atoms with E-state index >= 15 is 0 Å². The van der Waals surface area contributed by atoms with Crippen molar-refractivity contribution in [2.24, 2.45) is 10.1 Å². The maximum atomic E-state index is 10.3. The zero-order valence-corrected chi connectivity index (χ0v) is 9.77. The molecule has 0 bridgehead atoms. The molecule has 0 heterocycles. The lowest BCUT2D eigenvalue weighted by Gasteiger charge is -2.31. The first-order chi connectivity index (χ1) is 7.51. The van der Waals surface area contributed by atoms with Gasteiger partial charge in [0.05, 0.1) is 5.69 Å². The van der Waals surface area contributed by atoms with Crippen LogP contribution in [0.25, 0.3) is 0 Å². The molecule has 0 saturated carbocycles. The maximum absolute atomic E-state index is 10.3. The summed E-state index contributed by atoms with van der Waals surface area (Å²) in [6, 6.07) is 7.75. The van der Waals surface area contributed by atoms with Crippen molar-refractivity contribution in [3.05, 3.63) is 29.8 Å². The second-order valence-corrected chi connectivity index (χ2v) is 3.99. The van der Waals surface area contributed by atoms with E-state index in [1.54, 1.807) is 24.9 Å². The molecule has 4 heteroatoms. The fraction of sp³-hybridized carbons (Fsp3) is 0.333. The largest absolute Gasteiger partial charge is 0.238 e.